The normalized spacial score (nSPS) is 15.1. The highest BCUT2D eigenvalue weighted by Crippen LogP contribution is 2.13. The van der Waals surface area contributed by atoms with Gasteiger partial charge in [0.05, 0.1) is 5.60 Å². The van der Waals surface area contributed by atoms with Crippen molar-refractivity contribution in [2.75, 3.05) is 27.2 Å². The van der Waals surface area contributed by atoms with Gasteiger partial charge < -0.3 is 19.9 Å². The van der Waals surface area contributed by atoms with Crippen LogP contribution in [0.4, 0.5) is 0 Å². The maximum Gasteiger partial charge on any atom is 0.0869 e. The van der Waals surface area contributed by atoms with E-state index in [1.54, 1.807) is 0 Å². The van der Waals surface area contributed by atoms with Gasteiger partial charge in [0.15, 0.2) is 0 Å². The topological polar surface area (TPSA) is 40.4 Å². The van der Waals surface area contributed by atoms with Crippen LogP contribution in [0.2, 0.25) is 0 Å². The van der Waals surface area contributed by atoms with E-state index in [2.05, 4.69) is 36.8 Å². The SMILES string of the molecule is Cc1cc(CNCC(C)(O)CN(C)C)c(C)n1C. The molecule has 0 aromatic carbocycles. The van der Waals surface area contributed by atoms with Crippen molar-refractivity contribution in [3.8, 4) is 0 Å². The first-order valence-electron chi connectivity index (χ1n) is 6.42. The zero-order valence-electron chi connectivity index (χ0n) is 12.5. The van der Waals surface area contributed by atoms with Crippen molar-refractivity contribution in [1.29, 1.82) is 0 Å². The number of nitrogens with one attached hydrogen (secondary N) is 1. The zero-order chi connectivity index (χ0) is 13.9. The summed E-state index contributed by atoms with van der Waals surface area (Å²) >= 11 is 0. The minimum absolute atomic E-state index is 0.596. The molecule has 4 heteroatoms. The van der Waals surface area contributed by atoms with E-state index >= 15 is 0 Å². The van der Waals surface area contributed by atoms with Gasteiger partial charge in [0.25, 0.3) is 0 Å². The van der Waals surface area contributed by atoms with Crippen LogP contribution in [0.5, 0.6) is 0 Å². The first-order valence-corrected chi connectivity index (χ1v) is 6.42. The van der Waals surface area contributed by atoms with Crippen molar-refractivity contribution < 1.29 is 5.11 Å². The number of aromatic nitrogens is 1. The number of likely N-dealkylation sites (N-methyl/N-ethyl adjacent to an activating group) is 1. The van der Waals surface area contributed by atoms with E-state index in [-0.39, 0.29) is 0 Å². The molecule has 1 aromatic heterocycles. The number of nitrogens with zero attached hydrogens (tertiary/aromatic N) is 2. The fraction of sp³-hybridized carbons (Fsp3) is 0.714. The predicted molar refractivity (Wildman–Crippen MR) is 75.8 cm³/mol. The maximum absolute atomic E-state index is 10.2. The molecule has 0 aliphatic heterocycles. The molecule has 0 aliphatic carbocycles. The van der Waals surface area contributed by atoms with Gasteiger partial charge in [-0.25, -0.2) is 0 Å². The number of hydrogen-bond donors (Lipinski definition) is 2. The second-order valence-electron chi connectivity index (χ2n) is 5.79. The molecule has 0 radical (unpaired) electrons. The molecule has 1 atom stereocenters. The first kappa shape index (κ1) is 15.2. The average molecular weight is 253 g/mol. The highest BCUT2D eigenvalue weighted by molar-refractivity contribution is 5.26. The van der Waals surface area contributed by atoms with Gasteiger partial charge in [-0.2, -0.15) is 0 Å². The lowest BCUT2D eigenvalue weighted by molar-refractivity contribution is 0.0336. The maximum atomic E-state index is 10.2. The Morgan fingerprint density at radius 1 is 1.39 bits per heavy atom. The van der Waals surface area contributed by atoms with Gasteiger partial charge in [0.2, 0.25) is 0 Å². The molecule has 18 heavy (non-hydrogen) atoms. The van der Waals surface area contributed by atoms with E-state index in [0.717, 1.165) is 6.54 Å². The van der Waals surface area contributed by atoms with Crippen LogP contribution < -0.4 is 5.32 Å². The minimum atomic E-state index is -0.693. The molecule has 1 aromatic rings. The van der Waals surface area contributed by atoms with Crippen LogP contribution in [-0.2, 0) is 13.6 Å². The predicted octanol–water partition coefficient (Wildman–Crippen LogP) is 1.04. The van der Waals surface area contributed by atoms with Crippen molar-refractivity contribution in [2.24, 2.45) is 7.05 Å². The third-order valence-corrected chi connectivity index (χ3v) is 3.36. The van der Waals surface area contributed by atoms with Crippen LogP contribution in [0, 0.1) is 13.8 Å². The summed E-state index contributed by atoms with van der Waals surface area (Å²) in [7, 11) is 6.02. The standard InChI is InChI=1S/C14H27N3O/c1-11-7-13(12(2)17(11)6)8-15-9-14(3,18)10-16(4)5/h7,15,18H,8-10H2,1-6H3. The van der Waals surface area contributed by atoms with E-state index in [1.165, 1.54) is 17.0 Å². The smallest absolute Gasteiger partial charge is 0.0869 e. The Hall–Kier alpha value is -0.840. The Balaban J connectivity index is 2.49. The second kappa shape index (κ2) is 5.87. The Morgan fingerprint density at radius 3 is 2.44 bits per heavy atom. The Kier molecular flexibility index (Phi) is 4.96. The molecular formula is C14H27N3O. The van der Waals surface area contributed by atoms with Gasteiger partial charge in [-0.1, -0.05) is 0 Å². The van der Waals surface area contributed by atoms with E-state index in [9.17, 15) is 5.11 Å². The quantitative estimate of drug-likeness (QED) is 0.796. The fourth-order valence-electron chi connectivity index (χ4n) is 2.32. The van der Waals surface area contributed by atoms with Crippen molar-refractivity contribution in [3.05, 3.63) is 23.0 Å². The molecule has 104 valence electrons. The lowest BCUT2D eigenvalue weighted by Gasteiger charge is -2.27. The van der Waals surface area contributed by atoms with E-state index in [1.807, 2.05) is 25.9 Å². The second-order valence-corrected chi connectivity index (χ2v) is 5.79. The van der Waals surface area contributed by atoms with Crippen molar-refractivity contribution in [1.82, 2.24) is 14.8 Å². The molecular weight excluding hydrogens is 226 g/mol. The number of aryl methyl sites for hydroxylation is 1. The average Bonchev–Trinajstić information content (AvgIpc) is 2.44. The number of aliphatic hydroxyl groups is 1. The summed E-state index contributed by atoms with van der Waals surface area (Å²) in [4.78, 5) is 2.00. The minimum Gasteiger partial charge on any atom is -0.388 e. The van der Waals surface area contributed by atoms with Crippen molar-refractivity contribution in [3.63, 3.8) is 0 Å². The number of rotatable bonds is 6. The Bertz CT molecular complexity index is 394. The van der Waals surface area contributed by atoms with Gasteiger partial charge >= 0.3 is 0 Å². The Morgan fingerprint density at radius 2 is 2.00 bits per heavy atom. The van der Waals surface area contributed by atoms with Crippen LogP contribution in [0.15, 0.2) is 6.07 Å². The molecule has 0 bridgehead atoms. The lowest BCUT2D eigenvalue weighted by Crippen LogP contribution is -2.45. The lowest BCUT2D eigenvalue weighted by atomic mass is 10.1. The van der Waals surface area contributed by atoms with Crippen LogP contribution >= 0.6 is 0 Å². The molecule has 0 fully saturated rings. The molecule has 2 N–H and O–H groups in total. The Labute approximate surface area is 111 Å². The third-order valence-electron chi connectivity index (χ3n) is 3.36. The van der Waals surface area contributed by atoms with Crippen LogP contribution in [0.3, 0.4) is 0 Å². The summed E-state index contributed by atoms with van der Waals surface area (Å²) in [5.74, 6) is 0. The number of hydrogen-bond acceptors (Lipinski definition) is 3. The first-order chi connectivity index (χ1) is 8.23. The molecule has 0 saturated heterocycles. The summed E-state index contributed by atoms with van der Waals surface area (Å²) in [6.07, 6.45) is 0. The van der Waals surface area contributed by atoms with E-state index < -0.39 is 5.60 Å². The van der Waals surface area contributed by atoms with Gasteiger partial charge in [-0.3, -0.25) is 0 Å². The van der Waals surface area contributed by atoms with Crippen LogP contribution in [0.25, 0.3) is 0 Å². The van der Waals surface area contributed by atoms with Crippen LogP contribution in [-0.4, -0.2) is 47.4 Å². The highest BCUT2D eigenvalue weighted by atomic mass is 16.3. The molecule has 0 amide bonds. The summed E-state index contributed by atoms with van der Waals surface area (Å²) in [5, 5.41) is 13.5. The summed E-state index contributed by atoms with van der Waals surface area (Å²) < 4.78 is 2.19. The van der Waals surface area contributed by atoms with Gasteiger partial charge in [-0.05, 0) is 46.5 Å². The molecule has 1 unspecified atom stereocenters. The van der Waals surface area contributed by atoms with Gasteiger partial charge in [0, 0.05) is 38.1 Å². The van der Waals surface area contributed by atoms with E-state index in [4.69, 9.17) is 0 Å². The molecule has 1 rings (SSSR count). The zero-order valence-corrected chi connectivity index (χ0v) is 12.5. The summed E-state index contributed by atoms with van der Waals surface area (Å²) in [5.41, 5.74) is 3.16. The molecule has 0 saturated carbocycles. The molecule has 1 heterocycles. The van der Waals surface area contributed by atoms with Gasteiger partial charge in [0.1, 0.15) is 0 Å². The van der Waals surface area contributed by atoms with Crippen LogP contribution in [0.1, 0.15) is 23.9 Å². The fourth-order valence-corrected chi connectivity index (χ4v) is 2.32. The summed E-state index contributed by atoms with van der Waals surface area (Å²) in [6, 6.07) is 2.20. The third kappa shape index (κ3) is 4.12. The summed E-state index contributed by atoms with van der Waals surface area (Å²) in [6.45, 7) is 8.16. The van der Waals surface area contributed by atoms with Gasteiger partial charge in [-0.15, -0.1) is 0 Å². The molecule has 0 spiro atoms. The molecule has 4 nitrogen and oxygen atoms in total. The largest absolute Gasteiger partial charge is 0.388 e. The van der Waals surface area contributed by atoms with Crippen molar-refractivity contribution >= 4 is 0 Å². The monoisotopic (exact) mass is 253 g/mol. The van der Waals surface area contributed by atoms with Crippen molar-refractivity contribution in [2.45, 2.75) is 32.9 Å². The van der Waals surface area contributed by atoms with E-state index in [0.29, 0.717) is 13.1 Å². The highest BCUT2D eigenvalue weighted by Gasteiger charge is 2.20. The molecule has 0 aliphatic rings.